The normalized spacial score (nSPS) is 21.1. The molecule has 1 aromatic rings. The molecule has 1 saturated heterocycles. The van der Waals surface area contributed by atoms with Gasteiger partial charge in [0.15, 0.2) is 0 Å². The average molecular weight is 350 g/mol. The first kappa shape index (κ1) is 17.4. The molecule has 3 rings (SSSR count). The second-order valence-electron chi connectivity index (χ2n) is 7.27. The number of piperidine rings is 1. The van der Waals surface area contributed by atoms with Gasteiger partial charge in [0.25, 0.3) is 0 Å². The molecule has 1 aliphatic heterocycles. The molecule has 1 aliphatic carbocycles. The smallest absolute Gasteiger partial charge is 0.225 e. The van der Waals surface area contributed by atoms with Crippen LogP contribution in [0.25, 0.3) is 0 Å². The summed E-state index contributed by atoms with van der Waals surface area (Å²) in [7, 11) is 0. The van der Waals surface area contributed by atoms with Gasteiger partial charge in [0.1, 0.15) is 0 Å². The van der Waals surface area contributed by atoms with Gasteiger partial charge >= 0.3 is 0 Å². The predicted molar refractivity (Wildman–Crippen MR) is 94.9 cm³/mol. The van der Waals surface area contributed by atoms with E-state index in [1.54, 1.807) is 11.3 Å². The van der Waals surface area contributed by atoms with Crippen molar-refractivity contribution in [3.63, 3.8) is 0 Å². The summed E-state index contributed by atoms with van der Waals surface area (Å²) in [5.41, 5.74) is 1.05. The second-order valence-corrected chi connectivity index (χ2v) is 8.16. The molecule has 0 aromatic carbocycles. The van der Waals surface area contributed by atoms with Gasteiger partial charge in [0.05, 0.1) is 10.7 Å². The molecule has 0 spiro atoms. The highest BCUT2D eigenvalue weighted by Crippen LogP contribution is 2.30. The monoisotopic (exact) mass is 349 g/mol. The van der Waals surface area contributed by atoms with Crippen molar-refractivity contribution in [2.24, 2.45) is 11.8 Å². The second kappa shape index (κ2) is 7.64. The van der Waals surface area contributed by atoms with Crippen LogP contribution in [-0.4, -0.2) is 41.3 Å². The molecule has 24 heavy (non-hydrogen) atoms. The molecule has 2 aliphatic rings. The van der Waals surface area contributed by atoms with Crippen molar-refractivity contribution in [1.29, 1.82) is 0 Å². The van der Waals surface area contributed by atoms with Crippen LogP contribution in [0.5, 0.6) is 0 Å². The molecule has 1 unspecified atom stereocenters. The third kappa shape index (κ3) is 4.35. The van der Waals surface area contributed by atoms with E-state index in [0.717, 1.165) is 55.9 Å². The van der Waals surface area contributed by atoms with Crippen LogP contribution >= 0.6 is 11.3 Å². The fraction of sp³-hybridized carbons (Fsp3) is 0.722. The van der Waals surface area contributed by atoms with Gasteiger partial charge in [-0.2, -0.15) is 0 Å². The van der Waals surface area contributed by atoms with Gasteiger partial charge < -0.3 is 10.2 Å². The zero-order valence-electron chi connectivity index (χ0n) is 14.6. The molecule has 5 nitrogen and oxygen atoms in total. The Bertz CT molecular complexity index is 595. The van der Waals surface area contributed by atoms with E-state index in [1.807, 2.05) is 18.7 Å². The molecule has 1 atom stereocenters. The number of carbonyl (C=O) groups is 2. The van der Waals surface area contributed by atoms with Crippen molar-refractivity contribution in [1.82, 2.24) is 15.2 Å². The predicted octanol–water partition coefficient (Wildman–Crippen LogP) is 2.57. The number of likely N-dealkylation sites (tertiary alicyclic amines) is 1. The van der Waals surface area contributed by atoms with E-state index in [0.29, 0.717) is 12.5 Å². The molecule has 2 heterocycles. The SMILES string of the molecule is CC(C)C(=O)N1CCCC(c2nc(CCNC(=O)C3CC3)cs2)C1. The molecule has 1 aromatic heterocycles. The van der Waals surface area contributed by atoms with Crippen LogP contribution in [0.1, 0.15) is 56.2 Å². The van der Waals surface area contributed by atoms with E-state index in [9.17, 15) is 9.59 Å². The number of thiazole rings is 1. The van der Waals surface area contributed by atoms with Crippen molar-refractivity contribution in [2.45, 2.75) is 51.9 Å². The maximum absolute atomic E-state index is 12.2. The minimum Gasteiger partial charge on any atom is -0.355 e. The number of hydrogen-bond acceptors (Lipinski definition) is 4. The van der Waals surface area contributed by atoms with Crippen molar-refractivity contribution in [2.75, 3.05) is 19.6 Å². The quantitative estimate of drug-likeness (QED) is 0.858. The Morgan fingerprint density at radius 1 is 1.38 bits per heavy atom. The first-order chi connectivity index (χ1) is 11.5. The summed E-state index contributed by atoms with van der Waals surface area (Å²) >= 11 is 1.69. The molecule has 6 heteroatoms. The molecule has 1 saturated carbocycles. The lowest BCUT2D eigenvalue weighted by Crippen LogP contribution is -2.41. The molecule has 1 N–H and O–H groups in total. The van der Waals surface area contributed by atoms with Crippen LogP contribution in [0.3, 0.4) is 0 Å². The van der Waals surface area contributed by atoms with E-state index in [2.05, 4.69) is 10.7 Å². The maximum atomic E-state index is 12.2. The number of rotatable bonds is 6. The molecular weight excluding hydrogens is 322 g/mol. The first-order valence-electron chi connectivity index (χ1n) is 9.05. The Kier molecular flexibility index (Phi) is 5.54. The Hall–Kier alpha value is -1.43. The van der Waals surface area contributed by atoms with Crippen LogP contribution in [0.2, 0.25) is 0 Å². The van der Waals surface area contributed by atoms with E-state index >= 15 is 0 Å². The summed E-state index contributed by atoms with van der Waals surface area (Å²) < 4.78 is 0. The average Bonchev–Trinajstić information content (AvgIpc) is 3.33. The number of aromatic nitrogens is 1. The Balaban J connectivity index is 1.50. The summed E-state index contributed by atoms with van der Waals surface area (Å²) in [4.78, 5) is 30.6. The highest BCUT2D eigenvalue weighted by molar-refractivity contribution is 7.09. The Morgan fingerprint density at radius 3 is 2.88 bits per heavy atom. The first-order valence-corrected chi connectivity index (χ1v) is 9.93. The van der Waals surface area contributed by atoms with Crippen LogP contribution in [0.15, 0.2) is 5.38 Å². The topological polar surface area (TPSA) is 62.3 Å². The number of amides is 2. The van der Waals surface area contributed by atoms with E-state index in [1.165, 1.54) is 0 Å². The molecular formula is C18H27N3O2S. The minimum atomic E-state index is 0.0608. The lowest BCUT2D eigenvalue weighted by Gasteiger charge is -2.33. The number of nitrogens with one attached hydrogen (secondary N) is 1. The van der Waals surface area contributed by atoms with Gasteiger partial charge in [-0.1, -0.05) is 13.8 Å². The van der Waals surface area contributed by atoms with Gasteiger partial charge in [-0.25, -0.2) is 4.98 Å². The van der Waals surface area contributed by atoms with E-state index < -0.39 is 0 Å². The zero-order chi connectivity index (χ0) is 17.1. The molecule has 2 fully saturated rings. The third-order valence-electron chi connectivity index (χ3n) is 4.77. The number of hydrogen-bond donors (Lipinski definition) is 1. The summed E-state index contributed by atoms with van der Waals surface area (Å²) in [5, 5.41) is 6.23. The fourth-order valence-electron chi connectivity index (χ4n) is 3.17. The number of nitrogens with zero attached hydrogens (tertiary/aromatic N) is 2. The summed E-state index contributed by atoms with van der Waals surface area (Å²) in [6, 6.07) is 0. The minimum absolute atomic E-state index is 0.0608. The highest BCUT2D eigenvalue weighted by atomic mass is 32.1. The fourth-order valence-corrected chi connectivity index (χ4v) is 4.15. The van der Waals surface area contributed by atoms with Crippen LogP contribution in [0, 0.1) is 11.8 Å². The van der Waals surface area contributed by atoms with Gasteiger partial charge in [0, 0.05) is 49.2 Å². The van der Waals surface area contributed by atoms with Crippen molar-refractivity contribution < 1.29 is 9.59 Å². The lowest BCUT2D eigenvalue weighted by atomic mass is 9.97. The number of carbonyl (C=O) groups excluding carboxylic acids is 2. The summed E-state index contributed by atoms with van der Waals surface area (Å²) in [6.45, 7) is 6.26. The molecule has 132 valence electrons. The summed E-state index contributed by atoms with van der Waals surface area (Å²) in [6.07, 6.45) is 5.03. The standard InChI is InChI=1S/C18H27N3O2S/c1-12(2)18(23)21-9-3-4-14(10-21)17-20-15(11-24-17)7-8-19-16(22)13-5-6-13/h11-14H,3-10H2,1-2H3,(H,19,22). The molecule has 0 bridgehead atoms. The van der Waals surface area contributed by atoms with E-state index in [4.69, 9.17) is 4.98 Å². The summed E-state index contributed by atoms with van der Waals surface area (Å²) in [5.74, 6) is 1.13. The Labute approximate surface area is 147 Å². The van der Waals surface area contributed by atoms with Gasteiger partial charge in [-0.15, -0.1) is 11.3 Å². The van der Waals surface area contributed by atoms with Gasteiger partial charge in [0.2, 0.25) is 11.8 Å². The van der Waals surface area contributed by atoms with E-state index in [-0.39, 0.29) is 23.7 Å². The van der Waals surface area contributed by atoms with Crippen LogP contribution < -0.4 is 5.32 Å². The maximum Gasteiger partial charge on any atom is 0.225 e. The van der Waals surface area contributed by atoms with Crippen molar-refractivity contribution in [3.8, 4) is 0 Å². The molecule has 0 radical (unpaired) electrons. The van der Waals surface area contributed by atoms with Gasteiger partial charge in [-0.05, 0) is 25.7 Å². The third-order valence-corrected chi connectivity index (χ3v) is 5.83. The van der Waals surface area contributed by atoms with Crippen molar-refractivity contribution >= 4 is 23.2 Å². The lowest BCUT2D eigenvalue weighted by molar-refractivity contribution is -0.135. The Morgan fingerprint density at radius 2 is 2.17 bits per heavy atom. The highest BCUT2D eigenvalue weighted by Gasteiger charge is 2.29. The zero-order valence-corrected chi connectivity index (χ0v) is 15.4. The van der Waals surface area contributed by atoms with Crippen LogP contribution in [0.4, 0.5) is 0 Å². The van der Waals surface area contributed by atoms with Gasteiger partial charge in [-0.3, -0.25) is 9.59 Å². The van der Waals surface area contributed by atoms with Crippen LogP contribution in [-0.2, 0) is 16.0 Å². The largest absolute Gasteiger partial charge is 0.355 e. The van der Waals surface area contributed by atoms with Crippen molar-refractivity contribution in [3.05, 3.63) is 16.1 Å². The molecule has 2 amide bonds.